The molecule has 2 heterocycles. The second kappa shape index (κ2) is 7.29. The van der Waals surface area contributed by atoms with Gasteiger partial charge in [-0.3, -0.25) is 4.79 Å². The van der Waals surface area contributed by atoms with E-state index >= 15 is 0 Å². The molecule has 0 aliphatic carbocycles. The van der Waals surface area contributed by atoms with Crippen LogP contribution in [0, 0.1) is 6.92 Å². The van der Waals surface area contributed by atoms with Crippen molar-refractivity contribution in [2.75, 3.05) is 0 Å². The molecule has 0 bridgehead atoms. The Bertz CT molecular complexity index is 1050. The van der Waals surface area contributed by atoms with Gasteiger partial charge in [-0.2, -0.15) is 5.10 Å². The number of nitrogens with one attached hydrogen (secondary N) is 1. The first-order chi connectivity index (χ1) is 13.2. The molecule has 6 heteroatoms. The molecular weight excluding hydrogens is 340 g/mol. The molecular formula is C21H18N4O2. The van der Waals surface area contributed by atoms with E-state index in [0.717, 1.165) is 16.8 Å². The fourth-order valence-corrected chi connectivity index (χ4v) is 2.75. The number of oxazole rings is 1. The summed E-state index contributed by atoms with van der Waals surface area (Å²) in [6.45, 7) is 2.10. The molecule has 2 aromatic heterocycles. The third-order valence-corrected chi connectivity index (χ3v) is 4.14. The number of benzene rings is 2. The van der Waals surface area contributed by atoms with Crippen molar-refractivity contribution in [3.05, 3.63) is 90.1 Å². The lowest BCUT2D eigenvalue weighted by atomic mass is 10.2. The lowest BCUT2D eigenvalue weighted by molar-refractivity contribution is 0.0945. The SMILES string of the molecule is Cc1oc(-c2ccccc2)nc1C(=O)NCc1cnn(-c2ccccc2)c1. The van der Waals surface area contributed by atoms with Gasteiger partial charge in [0.25, 0.3) is 5.91 Å². The zero-order valence-electron chi connectivity index (χ0n) is 14.8. The first-order valence-electron chi connectivity index (χ1n) is 8.61. The molecule has 27 heavy (non-hydrogen) atoms. The number of amides is 1. The molecule has 0 atom stereocenters. The highest BCUT2D eigenvalue weighted by Crippen LogP contribution is 2.21. The second-order valence-electron chi connectivity index (χ2n) is 6.10. The van der Waals surface area contributed by atoms with Gasteiger partial charge in [0.15, 0.2) is 5.69 Å². The predicted octanol–water partition coefficient (Wildman–Crippen LogP) is 3.77. The molecule has 1 N–H and O–H groups in total. The Morgan fingerprint density at radius 3 is 2.52 bits per heavy atom. The van der Waals surface area contributed by atoms with Gasteiger partial charge < -0.3 is 9.73 Å². The molecule has 4 aromatic rings. The van der Waals surface area contributed by atoms with E-state index in [4.69, 9.17) is 4.42 Å². The lowest BCUT2D eigenvalue weighted by Crippen LogP contribution is -2.23. The summed E-state index contributed by atoms with van der Waals surface area (Å²) in [5.74, 6) is 0.660. The molecule has 0 aliphatic rings. The fraction of sp³-hybridized carbons (Fsp3) is 0.0952. The summed E-state index contributed by atoms with van der Waals surface area (Å²) in [6, 6.07) is 19.3. The van der Waals surface area contributed by atoms with Crippen LogP contribution in [0.15, 0.2) is 77.5 Å². The van der Waals surface area contributed by atoms with Crippen LogP contribution in [-0.2, 0) is 6.54 Å². The summed E-state index contributed by atoms with van der Waals surface area (Å²) in [7, 11) is 0. The van der Waals surface area contributed by atoms with Crippen LogP contribution in [0.5, 0.6) is 0 Å². The summed E-state index contributed by atoms with van der Waals surface area (Å²) in [4.78, 5) is 16.8. The molecule has 1 amide bonds. The quantitative estimate of drug-likeness (QED) is 0.589. The van der Waals surface area contributed by atoms with Crippen LogP contribution >= 0.6 is 0 Å². The van der Waals surface area contributed by atoms with Gasteiger partial charge in [0.1, 0.15) is 5.76 Å². The minimum Gasteiger partial charge on any atom is -0.441 e. The molecule has 0 unspecified atom stereocenters. The largest absolute Gasteiger partial charge is 0.441 e. The Hall–Kier alpha value is -3.67. The molecule has 0 fully saturated rings. The van der Waals surface area contributed by atoms with Gasteiger partial charge in [-0.25, -0.2) is 9.67 Å². The van der Waals surface area contributed by atoms with Crippen LogP contribution in [0.4, 0.5) is 0 Å². The lowest BCUT2D eigenvalue weighted by Gasteiger charge is -2.01. The maximum atomic E-state index is 12.5. The van der Waals surface area contributed by atoms with Crippen molar-refractivity contribution >= 4 is 5.91 Å². The van der Waals surface area contributed by atoms with Crippen molar-refractivity contribution < 1.29 is 9.21 Å². The van der Waals surface area contributed by atoms with E-state index in [-0.39, 0.29) is 5.91 Å². The fourth-order valence-electron chi connectivity index (χ4n) is 2.75. The molecule has 0 radical (unpaired) electrons. The van der Waals surface area contributed by atoms with Crippen molar-refractivity contribution in [3.8, 4) is 17.1 Å². The van der Waals surface area contributed by atoms with E-state index in [0.29, 0.717) is 23.9 Å². The summed E-state index contributed by atoms with van der Waals surface area (Å²) in [5, 5.41) is 7.20. The highest BCUT2D eigenvalue weighted by Gasteiger charge is 2.18. The van der Waals surface area contributed by atoms with E-state index in [9.17, 15) is 4.79 Å². The standard InChI is InChI=1S/C21H18N4O2/c1-15-19(24-21(27-15)17-8-4-2-5-9-17)20(26)22-12-16-13-23-25(14-16)18-10-6-3-7-11-18/h2-11,13-14H,12H2,1H3,(H,22,26). The van der Waals surface area contributed by atoms with Crippen molar-refractivity contribution in [2.45, 2.75) is 13.5 Å². The van der Waals surface area contributed by atoms with Gasteiger partial charge in [0.2, 0.25) is 5.89 Å². The number of hydrogen-bond donors (Lipinski definition) is 1. The topological polar surface area (TPSA) is 73.0 Å². The maximum Gasteiger partial charge on any atom is 0.273 e. The van der Waals surface area contributed by atoms with Crippen LogP contribution in [0.1, 0.15) is 21.8 Å². The van der Waals surface area contributed by atoms with Gasteiger partial charge in [-0.1, -0.05) is 36.4 Å². The Morgan fingerprint density at radius 1 is 1.07 bits per heavy atom. The third kappa shape index (κ3) is 3.64. The van der Waals surface area contributed by atoms with Crippen LogP contribution in [0.3, 0.4) is 0 Å². The zero-order valence-corrected chi connectivity index (χ0v) is 14.8. The molecule has 0 saturated heterocycles. The monoisotopic (exact) mass is 358 g/mol. The highest BCUT2D eigenvalue weighted by molar-refractivity contribution is 5.93. The smallest absolute Gasteiger partial charge is 0.273 e. The van der Waals surface area contributed by atoms with Crippen molar-refractivity contribution in [2.24, 2.45) is 0 Å². The minimum atomic E-state index is -0.272. The Kier molecular flexibility index (Phi) is 4.53. The number of nitrogens with zero attached hydrogens (tertiary/aromatic N) is 3. The van der Waals surface area contributed by atoms with Crippen LogP contribution in [0.2, 0.25) is 0 Å². The summed E-state index contributed by atoms with van der Waals surface area (Å²) < 4.78 is 7.42. The van der Waals surface area contributed by atoms with Gasteiger partial charge >= 0.3 is 0 Å². The summed E-state index contributed by atoms with van der Waals surface area (Å²) in [5.41, 5.74) is 3.00. The minimum absolute atomic E-state index is 0.272. The normalized spacial score (nSPS) is 10.7. The summed E-state index contributed by atoms with van der Waals surface area (Å²) >= 11 is 0. The third-order valence-electron chi connectivity index (χ3n) is 4.14. The van der Waals surface area contributed by atoms with Crippen molar-refractivity contribution in [1.29, 1.82) is 0 Å². The number of carbonyl (C=O) groups is 1. The molecule has 2 aromatic carbocycles. The molecule has 0 saturated carbocycles. The van der Waals surface area contributed by atoms with Crippen LogP contribution < -0.4 is 5.32 Å². The molecule has 6 nitrogen and oxygen atoms in total. The number of aromatic nitrogens is 3. The van der Waals surface area contributed by atoms with Gasteiger partial charge in [-0.05, 0) is 31.2 Å². The highest BCUT2D eigenvalue weighted by atomic mass is 16.4. The molecule has 4 rings (SSSR count). The number of carbonyl (C=O) groups excluding carboxylic acids is 1. The van der Waals surface area contributed by atoms with E-state index in [1.165, 1.54) is 0 Å². The zero-order chi connectivity index (χ0) is 18.6. The number of hydrogen-bond acceptors (Lipinski definition) is 4. The number of rotatable bonds is 5. The Balaban J connectivity index is 1.45. The average Bonchev–Trinajstić information content (AvgIpc) is 3.34. The molecule has 0 aliphatic heterocycles. The summed E-state index contributed by atoms with van der Waals surface area (Å²) in [6.07, 6.45) is 3.62. The Labute approximate surface area is 156 Å². The average molecular weight is 358 g/mol. The molecule has 0 spiro atoms. The van der Waals surface area contributed by atoms with Crippen molar-refractivity contribution in [1.82, 2.24) is 20.1 Å². The predicted molar refractivity (Wildman–Crippen MR) is 101 cm³/mol. The molecule has 134 valence electrons. The van der Waals surface area contributed by atoms with Gasteiger partial charge in [0, 0.05) is 23.9 Å². The van der Waals surface area contributed by atoms with Gasteiger partial charge in [-0.15, -0.1) is 0 Å². The van der Waals surface area contributed by atoms with E-state index in [1.54, 1.807) is 17.8 Å². The Morgan fingerprint density at radius 2 is 1.78 bits per heavy atom. The van der Waals surface area contributed by atoms with E-state index in [1.807, 2.05) is 66.9 Å². The first kappa shape index (κ1) is 16.8. The van der Waals surface area contributed by atoms with Crippen LogP contribution in [0.25, 0.3) is 17.1 Å². The van der Waals surface area contributed by atoms with Crippen LogP contribution in [-0.4, -0.2) is 20.7 Å². The van der Waals surface area contributed by atoms with Gasteiger partial charge in [0.05, 0.1) is 11.9 Å². The maximum absolute atomic E-state index is 12.5. The first-order valence-corrected chi connectivity index (χ1v) is 8.61. The number of aryl methyl sites for hydroxylation is 1. The second-order valence-corrected chi connectivity index (χ2v) is 6.10. The van der Waals surface area contributed by atoms with E-state index in [2.05, 4.69) is 15.4 Å². The van der Waals surface area contributed by atoms with E-state index < -0.39 is 0 Å². The van der Waals surface area contributed by atoms with Crippen molar-refractivity contribution in [3.63, 3.8) is 0 Å². The number of para-hydroxylation sites is 1.